The lowest BCUT2D eigenvalue weighted by Crippen LogP contribution is -2.40. The van der Waals surface area contributed by atoms with Crippen LogP contribution in [0.5, 0.6) is 0 Å². The summed E-state index contributed by atoms with van der Waals surface area (Å²) < 4.78 is 38.1. The van der Waals surface area contributed by atoms with Crippen molar-refractivity contribution in [3.05, 3.63) is 63.6 Å². The van der Waals surface area contributed by atoms with E-state index in [1.165, 1.54) is 10.4 Å². The smallest absolute Gasteiger partial charge is 0.338 e. The number of morpholine rings is 1. The van der Waals surface area contributed by atoms with E-state index >= 15 is 0 Å². The number of carbonyl (C=O) groups excluding carboxylic acids is 1. The predicted octanol–water partition coefficient (Wildman–Crippen LogP) is 3.14. The van der Waals surface area contributed by atoms with Crippen molar-refractivity contribution in [3.8, 4) is 0 Å². The second kappa shape index (κ2) is 8.52. The fraction of sp³-hybridized carbons (Fsp3) is 0.316. The first kappa shape index (κ1) is 20.0. The second-order valence-electron chi connectivity index (χ2n) is 6.16. The number of carbonyl (C=O) groups is 1. The molecule has 3 rings (SSSR count). The lowest BCUT2D eigenvalue weighted by Gasteiger charge is -2.26. The van der Waals surface area contributed by atoms with Crippen LogP contribution in [0.4, 0.5) is 0 Å². The number of ether oxygens (including phenoxy) is 2. The van der Waals surface area contributed by atoms with Gasteiger partial charge in [-0.3, -0.25) is 0 Å². The van der Waals surface area contributed by atoms with Crippen LogP contribution < -0.4 is 0 Å². The van der Waals surface area contributed by atoms with Gasteiger partial charge in [-0.2, -0.15) is 4.31 Å². The first-order valence-corrected chi connectivity index (χ1v) is 10.7. The number of nitrogens with zero attached hydrogens (tertiary/aromatic N) is 1. The van der Waals surface area contributed by atoms with Crippen LogP contribution in [0.1, 0.15) is 21.5 Å². The molecule has 144 valence electrons. The van der Waals surface area contributed by atoms with Crippen molar-refractivity contribution in [3.63, 3.8) is 0 Å². The Hall–Kier alpha value is -1.74. The van der Waals surface area contributed by atoms with Gasteiger partial charge in [0.1, 0.15) is 6.61 Å². The highest BCUT2D eigenvalue weighted by Gasteiger charge is 2.29. The van der Waals surface area contributed by atoms with Crippen molar-refractivity contribution in [1.82, 2.24) is 4.31 Å². The Morgan fingerprint density at radius 1 is 1.19 bits per heavy atom. The van der Waals surface area contributed by atoms with E-state index in [1.807, 2.05) is 31.2 Å². The second-order valence-corrected chi connectivity index (χ2v) is 8.92. The number of rotatable bonds is 5. The highest BCUT2D eigenvalue weighted by Crippen LogP contribution is 2.27. The van der Waals surface area contributed by atoms with Crippen molar-refractivity contribution in [2.24, 2.45) is 0 Å². The summed E-state index contributed by atoms with van der Waals surface area (Å²) in [6, 6.07) is 12.1. The summed E-state index contributed by atoms with van der Waals surface area (Å²) in [7, 11) is -3.72. The van der Waals surface area contributed by atoms with Crippen LogP contribution in [0.3, 0.4) is 0 Å². The highest BCUT2D eigenvalue weighted by atomic mass is 79.9. The number of aryl methyl sites for hydroxylation is 1. The zero-order valence-electron chi connectivity index (χ0n) is 14.9. The minimum Gasteiger partial charge on any atom is -0.457 e. The van der Waals surface area contributed by atoms with Crippen molar-refractivity contribution < 1.29 is 22.7 Å². The molecule has 1 heterocycles. The van der Waals surface area contributed by atoms with Crippen LogP contribution in [-0.4, -0.2) is 45.0 Å². The Labute approximate surface area is 167 Å². The molecule has 1 aliphatic rings. The molecule has 0 radical (unpaired) electrons. The van der Waals surface area contributed by atoms with E-state index in [4.69, 9.17) is 9.47 Å². The van der Waals surface area contributed by atoms with Crippen molar-refractivity contribution >= 4 is 31.9 Å². The SMILES string of the molecule is Cc1ccccc1COC(=O)c1ccc(Br)c(S(=O)(=O)N2CCOCC2)c1. The zero-order valence-corrected chi connectivity index (χ0v) is 17.3. The molecule has 8 heteroatoms. The van der Waals surface area contributed by atoms with Gasteiger partial charge < -0.3 is 9.47 Å². The third-order valence-corrected chi connectivity index (χ3v) is 7.27. The predicted molar refractivity (Wildman–Crippen MR) is 104 cm³/mol. The summed E-state index contributed by atoms with van der Waals surface area (Å²) in [5.74, 6) is -0.566. The number of hydrogen-bond acceptors (Lipinski definition) is 5. The molecule has 1 fully saturated rings. The average molecular weight is 454 g/mol. The molecular weight excluding hydrogens is 434 g/mol. The molecule has 0 saturated carbocycles. The van der Waals surface area contributed by atoms with Crippen LogP contribution in [0.25, 0.3) is 0 Å². The van der Waals surface area contributed by atoms with Gasteiger partial charge in [0.25, 0.3) is 0 Å². The van der Waals surface area contributed by atoms with Gasteiger partial charge in [0, 0.05) is 17.6 Å². The highest BCUT2D eigenvalue weighted by molar-refractivity contribution is 9.10. The summed E-state index contributed by atoms with van der Waals surface area (Å²) in [6.07, 6.45) is 0. The van der Waals surface area contributed by atoms with E-state index in [-0.39, 0.29) is 30.2 Å². The van der Waals surface area contributed by atoms with Gasteiger partial charge in [-0.15, -0.1) is 0 Å². The van der Waals surface area contributed by atoms with Crippen molar-refractivity contribution in [1.29, 1.82) is 0 Å². The van der Waals surface area contributed by atoms with Crippen LogP contribution in [0.15, 0.2) is 51.8 Å². The Balaban J connectivity index is 1.80. The van der Waals surface area contributed by atoms with Gasteiger partial charge in [0.05, 0.1) is 23.7 Å². The quantitative estimate of drug-likeness (QED) is 0.650. The fourth-order valence-electron chi connectivity index (χ4n) is 2.75. The maximum Gasteiger partial charge on any atom is 0.338 e. The first-order chi connectivity index (χ1) is 12.9. The molecule has 6 nitrogen and oxygen atoms in total. The number of sulfonamides is 1. The van der Waals surface area contributed by atoms with E-state index in [9.17, 15) is 13.2 Å². The van der Waals surface area contributed by atoms with Gasteiger partial charge >= 0.3 is 5.97 Å². The normalized spacial score (nSPS) is 15.5. The molecule has 0 atom stereocenters. The van der Waals surface area contributed by atoms with Crippen molar-refractivity contribution in [2.75, 3.05) is 26.3 Å². The van der Waals surface area contributed by atoms with Gasteiger partial charge in [0.15, 0.2) is 0 Å². The molecule has 1 aliphatic heterocycles. The van der Waals surface area contributed by atoms with Crippen LogP contribution in [0.2, 0.25) is 0 Å². The first-order valence-electron chi connectivity index (χ1n) is 8.48. The zero-order chi connectivity index (χ0) is 19.4. The number of hydrogen-bond donors (Lipinski definition) is 0. The van der Waals surface area contributed by atoms with E-state index in [0.717, 1.165) is 11.1 Å². The lowest BCUT2D eigenvalue weighted by molar-refractivity contribution is 0.0471. The monoisotopic (exact) mass is 453 g/mol. The maximum atomic E-state index is 12.9. The van der Waals surface area contributed by atoms with Gasteiger partial charge in [-0.05, 0) is 52.2 Å². The summed E-state index contributed by atoms with van der Waals surface area (Å²) in [5.41, 5.74) is 2.12. The molecule has 0 bridgehead atoms. The number of esters is 1. The molecule has 2 aromatic carbocycles. The molecule has 2 aromatic rings. The van der Waals surface area contributed by atoms with Crippen LogP contribution in [0, 0.1) is 6.92 Å². The Morgan fingerprint density at radius 2 is 1.89 bits per heavy atom. The summed E-state index contributed by atoms with van der Waals surface area (Å²) >= 11 is 3.28. The van der Waals surface area contributed by atoms with E-state index in [0.29, 0.717) is 17.7 Å². The molecule has 0 aliphatic carbocycles. The molecule has 0 N–H and O–H groups in total. The standard InChI is InChI=1S/C19H20BrNO5S/c1-14-4-2-3-5-16(14)13-26-19(22)15-6-7-17(20)18(12-15)27(23,24)21-8-10-25-11-9-21/h2-7,12H,8-11,13H2,1H3. The van der Waals surface area contributed by atoms with Crippen molar-refractivity contribution in [2.45, 2.75) is 18.4 Å². The summed E-state index contributed by atoms with van der Waals surface area (Å²) in [6.45, 7) is 3.36. The maximum absolute atomic E-state index is 12.9. The lowest BCUT2D eigenvalue weighted by atomic mass is 10.1. The Bertz CT molecular complexity index is 939. The molecule has 0 spiro atoms. The molecular formula is C19H20BrNO5S. The number of benzene rings is 2. The van der Waals surface area contributed by atoms with E-state index in [1.54, 1.807) is 12.1 Å². The minimum atomic E-state index is -3.72. The summed E-state index contributed by atoms with van der Waals surface area (Å²) in [4.78, 5) is 12.5. The van der Waals surface area contributed by atoms with Gasteiger partial charge in [0.2, 0.25) is 10.0 Å². The fourth-order valence-corrected chi connectivity index (χ4v) is 5.11. The minimum absolute atomic E-state index is 0.0507. The molecule has 0 unspecified atom stereocenters. The molecule has 27 heavy (non-hydrogen) atoms. The number of halogens is 1. The van der Waals surface area contributed by atoms with E-state index < -0.39 is 16.0 Å². The largest absolute Gasteiger partial charge is 0.457 e. The van der Waals surface area contributed by atoms with Gasteiger partial charge in [-0.25, -0.2) is 13.2 Å². The van der Waals surface area contributed by atoms with Crippen LogP contribution >= 0.6 is 15.9 Å². The topological polar surface area (TPSA) is 72.9 Å². The average Bonchev–Trinajstić information content (AvgIpc) is 2.68. The Kier molecular flexibility index (Phi) is 6.31. The van der Waals surface area contributed by atoms with Gasteiger partial charge in [-0.1, -0.05) is 24.3 Å². The molecule has 1 saturated heterocycles. The molecule has 0 amide bonds. The third-order valence-electron chi connectivity index (χ3n) is 4.37. The summed E-state index contributed by atoms with van der Waals surface area (Å²) in [5, 5.41) is 0. The van der Waals surface area contributed by atoms with E-state index in [2.05, 4.69) is 15.9 Å². The Morgan fingerprint density at radius 3 is 2.59 bits per heavy atom. The molecule has 0 aromatic heterocycles. The third kappa shape index (κ3) is 4.57. The van der Waals surface area contributed by atoms with Crippen LogP contribution in [-0.2, 0) is 26.1 Å².